The number of amides is 1. The van der Waals surface area contributed by atoms with Crippen molar-refractivity contribution < 1.29 is 9.53 Å². The maximum Gasteiger partial charge on any atom is 0.266 e. The molecule has 0 aliphatic rings. The lowest BCUT2D eigenvalue weighted by molar-refractivity contribution is -0.112. The number of benzene rings is 2. The number of nitrogens with zero attached hydrogens (tertiary/aromatic N) is 2. The van der Waals surface area contributed by atoms with E-state index in [9.17, 15) is 10.1 Å². The standard InChI is InChI=1S/C22H21N3O2/c1-4-27-18-11-9-17(10-12-18)24-22(26)16(14-23)13-20-15(2)25(3)21-8-6-5-7-19(20)21/h5-13H,4H2,1-3H3,(H,24,26)/b16-13+. The lowest BCUT2D eigenvalue weighted by atomic mass is 10.1. The van der Waals surface area contributed by atoms with Crippen molar-refractivity contribution in [1.29, 1.82) is 5.26 Å². The van der Waals surface area contributed by atoms with E-state index in [0.29, 0.717) is 12.3 Å². The number of para-hydroxylation sites is 1. The number of carbonyl (C=O) groups is 1. The minimum Gasteiger partial charge on any atom is -0.494 e. The first-order valence-electron chi connectivity index (χ1n) is 8.75. The van der Waals surface area contributed by atoms with Gasteiger partial charge in [-0.3, -0.25) is 4.79 Å². The molecule has 0 unspecified atom stereocenters. The summed E-state index contributed by atoms with van der Waals surface area (Å²) in [5.74, 6) is 0.298. The predicted molar refractivity (Wildman–Crippen MR) is 107 cm³/mol. The normalized spacial score (nSPS) is 11.3. The Labute approximate surface area is 158 Å². The van der Waals surface area contributed by atoms with Crippen LogP contribution in [0.1, 0.15) is 18.2 Å². The van der Waals surface area contributed by atoms with Gasteiger partial charge in [0.2, 0.25) is 0 Å². The molecule has 0 radical (unpaired) electrons. The molecule has 3 rings (SSSR count). The van der Waals surface area contributed by atoms with Gasteiger partial charge in [-0.25, -0.2) is 0 Å². The van der Waals surface area contributed by atoms with Gasteiger partial charge in [-0.1, -0.05) is 18.2 Å². The fourth-order valence-electron chi connectivity index (χ4n) is 3.02. The van der Waals surface area contributed by atoms with Crippen molar-refractivity contribution in [3.63, 3.8) is 0 Å². The molecule has 0 bridgehead atoms. The number of fused-ring (bicyclic) bond motifs is 1. The molecule has 5 nitrogen and oxygen atoms in total. The van der Waals surface area contributed by atoms with E-state index < -0.39 is 5.91 Å². The fourth-order valence-corrected chi connectivity index (χ4v) is 3.02. The SMILES string of the molecule is CCOc1ccc(NC(=O)/C(C#N)=C/c2c(C)n(C)c3ccccc23)cc1. The second-order valence-corrected chi connectivity index (χ2v) is 6.16. The highest BCUT2D eigenvalue weighted by Crippen LogP contribution is 2.27. The van der Waals surface area contributed by atoms with E-state index in [4.69, 9.17) is 4.74 Å². The molecule has 2 aromatic carbocycles. The summed E-state index contributed by atoms with van der Waals surface area (Å²) in [5.41, 5.74) is 3.61. The van der Waals surface area contributed by atoms with Crippen LogP contribution in [0.5, 0.6) is 5.75 Å². The summed E-state index contributed by atoms with van der Waals surface area (Å²) < 4.78 is 7.45. The summed E-state index contributed by atoms with van der Waals surface area (Å²) in [6.45, 7) is 4.47. The molecule has 1 amide bonds. The second kappa shape index (κ2) is 7.79. The van der Waals surface area contributed by atoms with Gasteiger partial charge < -0.3 is 14.6 Å². The van der Waals surface area contributed by atoms with Crippen LogP contribution >= 0.6 is 0 Å². The topological polar surface area (TPSA) is 67.0 Å². The number of anilines is 1. The highest BCUT2D eigenvalue weighted by molar-refractivity contribution is 6.11. The van der Waals surface area contributed by atoms with E-state index >= 15 is 0 Å². The third kappa shape index (κ3) is 3.70. The van der Waals surface area contributed by atoms with Crippen LogP contribution in [0.3, 0.4) is 0 Å². The molecule has 0 spiro atoms. The Kier molecular flexibility index (Phi) is 5.28. The molecular weight excluding hydrogens is 338 g/mol. The fraction of sp³-hybridized carbons (Fsp3) is 0.182. The zero-order valence-corrected chi connectivity index (χ0v) is 15.6. The summed E-state index contributed by atoms with van der Waals surface area (Å²) in [4.78, 5) is 12.6. The molecule has 0 atom stereocenters. The maximum absolute atomic E-state index is 12.6. The Hall–Kier alpha value is -3.52. The van der Waals surface area contributed by atoms with Crippen molar-refractivity contribution in [1.82, 2.24) is 4.57 Å². The minimum absolute atomic E-state index is 0.0586. The van der Waals surface area contributed by atoms with Gasteiger partial charge in [-0.05, 0) is 50.3 Å². The van der Waals surface area contributed by atoms with Crippen molar-refractivity contribution in [2.45, 2.75) is 13.8 Å². The molecule has 1 aromatic heterocycles. The molecule has 0 aliphatic heterocycles. The molecule has 27 heavy (non-hydrogen) atoms. The quantitative estimate of drug-likeness (QED) is 0.541. The van der Waals surface area contributed by atoms with E-state index in [1.165, 1.54) is 0 Å². The van der Waals surface area contributed by atoms with Crippen LogP contribution in [0.15, 0.2) is 54.1 Å². The largest absolute Gasteiger partial charge is 0.494 e. The predicted octanol–water partition coefficient (Wildman–Crippen LogP) is 4.43. The number of rotatable bonds is 5. The lowest BCUT2D eigenvalue weighted by Crippen LogP contribution is -2.13. The first-order valence-corrected chi connectivity index (χ1v) is 8.75. The third-order valence-corrected chi connectivity index (χ3v) is 4.53. The van der Waals surface area contributed by atoms with Gasteiger partial charge in [0.15, 0.2) is 0 Å². The van der Waals surface area contributed by atoms with Crippen molar-refractivity contribution in [2.24, 2.45) is 7.05 Å². The number of ether oxygens (including phenoxy) is 1. The Bertz CT molecular complexity index is 1050. The molecule has 3 aromatic rings. The Morgan fingerprint density at radius 2 is 1.93 bits per heavy atom. The van der Waals surface area contributed by atoms with Gasteiger partial charge in [-0.2, -0.15) is 5.26 Å². The van der Waals surface area contributed by atoms with Crippen LogP contribution in [0, 0.1) is 18.3 Å². The highest BCUT2D eigenvalue weighted by atomic mass is 16.5. The van der Waals surface area contributed by atoms with Gasteiger partial charge in [-0.15, -0.1) is 0 Å². The average Bonchev–Trinajstić information content (AvgIpc) is 2.92. The first-order chi connectivity index (χ1) is 13.0. The molecule has 0 aliphatic carbocycles. The Balaban J connectivity index is 1.90. The summed E-state index contributed by atoms with van der Waals surface area (Å²) in [6, 6.07) is 17.0. The van der Waals surface area contributed by atoms with E-state index in [-0.39, 0.29) is 5.57 Å². The van der Waals surface area contributed by atoms with Crippen molar-refractivity contribution in [3.8, 4) is 11.8 Å². The Morgan fingerprint density at radius 3 is 2.59 bits per heavy atom. The molecular formula is C22H21N3O2. The Morgan fingerprint density at radius 1 is 1.22 bits per heavy atom. The molecule has 0 saturated carbocycles. The van der Waals surface area contributed by atoms with E-state index in [1.807, 2.05) is 51.2 Å². The van der Waals surface area contributed by atoms with E-state index in [2.05, 4.69) is 9.88 Å². The highest BCUT2D eigenvalue weighted by Gasteiger charge is 2.14. The zero-order chi connectivity index (χ0) is 19.4. The van der Waals surface area contributed by atoms with Crippen molar-refractivity contribution >= 4 is 28.6 Å². The molecule has 136 valence electrons. The van der Waals surface area contributed by atoms with Gasteiger partial charge in [0.05, 0.1) is 6.61 Å². The van der Waals surface area contributed by atoms with Gasteiger partial charge in [0, 0.05) is 34.9 Å². The van der Waals surface area contributed by atoms with Crippen LogP contribution in [-0.4, -0.2) is 17.1 Å². The van der Waals surface area contributed by atoms with E-state index in [1.54, 1.807) is 30.3 Å². The lowest BCUT2D eigenvalue weighted by Gasteiger charge is -2.07. The second-order valence-electron chi connectivity index (χ2n) is 6.16. The minimum atomic E-state index is -0.436. The zero-order valence-electron chi connectivity index (χ0n) is 15.6. The van der Waals surface area contributed by atoms with Gasteiger partial charge >= 0.3 is 0 Å². The average molecular weight is 359 g/mol. The van der Waals surface area contributed by atoms with Crippen LogP contribution < -0.4 is 10.1 Å². The number of nitrogens with one attached hydrogen (secondary N) is 1. The molecule has 0 saturated heterocycles. The van der Waals surface area contributed by atoms with Gasteiger partial charge in [0.25, 0.3) is 5.91 Å². The number of aromatic nitrogens is 1. The van der Waals surface area contributed by atoms with Crippen LogP contribution in [-0.2, 0) is 11.8 Å². The van der Waals surface area contributed by atoms with Crippen molar-refractivity contribution in [2.75, 3.05) is 11.9 Å². The van der Waals surface area contributed by atoms with Crippen LogP contribution in [0.2, 0.25) is 0 Å². The summed E-state index contributed by atoms with van der Waals surface area (Å²) >= 11 is 0. The third-order valence-electron chi connectivity index (χ3n) is 4.53. The molecule has 5 heteroatoms. The van der Waals surface area contributed by atoms with Crippen molar-refractivity contribution in [3.05, 3.63) is 65.4 Å². The number of nitriles is 1. The number of hydrogen-bond acceptors (Lipinski definition) is 3. The summed E-state index contributed by atoms with van der Waals surface area (Å²) in [6.07, 6.45) is 1.65. The van der Waals surface area contributed by atoms with Crippen LogP contribution in [0.25, 0.3) is 17.0 Å². The van der Waals surface area contributed by atoms with Gasteiger partial charge in [0.1, 0.15) is 17.4 Å². The maximum atomic E-state index is 12.6. The molecule has 1 N–H and O–H groups in total. The monoisotopic (exact) mass is 359 g/mol. The molecule has 0 fully saturated rings. The summed E-state index contributed by atoms with van der Waals surface area (Å²) in [7, 11) is 1.97. The number of carbonyl (C=O) groups excluding carboxylic acids is 1. The van der Waals surface area contributed by atoms with Crippen LogP contribution in [0.4, 0.5) is 5.69 Å². The summed E-state index contributed by atoms with van der Waals surface area (Å²) in [5, 5.41) is 13.3. The van der Waals surface area contributed by atoms with E-state index in [0.717, 1.165) is 27.9 Å². The number of hydrogen-bond donors (Lipinski definition) is 1. The first kappa shape index (κ1) is 18.3. The smallest absolute Gasteiger partial charge is 0.266 e. The molecule has 1 heterocycles. The number of aryl methyl sites for hydroxylation is 1.